The van der Waals surface area contributed by atoms with Crippen LogP contribution in [0.3, 0.4) is 0 Å². The lowest BCUT2D eigenvalue weighted by atomic mass is 10.1. The molecular weight excluding hydrogens is 486 g/mol. The van der Waals surface area contributed by atoms with Crippen LogP contribution in [0, 0.1) is 13.8 Å². The highest BCUT2D eigenvalue weighted by Gasteiger charge is 2.11. The Balaban J connectivity index is 1.23. The van der Waals surface area contributed by atoms with Crippen molar-refractivity contribution in [1.29, 1.82) is 0 Å². The van der Waals surface area contributed by atoms with Crippen molar-refractivity contribution >= 4 is 28.5 Å². The summed E-state index contributed by atoms with van der Waals surface area (Å²) >= 11 is 6.29. The number of carbonyl (C=O) groups excluding carboxylic acids is 1. The van der Waals surface area contributed by atoms with Crippen molar-refractivity contribution in [3.8, 4) is 11.5 Å². The zero-order valence-electron chi connectivity index (χ0n) is 21.5. The fourth-order valence-electron chi connectivity index (χ4n) is 4.34. The van der Waals surface area contributed by atoms with Gasteiger partial charge >= 0.3 is 0 Å². The van der Waals surface area contributed by atoms with Crippen LogP contribution < -0.4 is 14.8 Å². The van der Waals surface area contributed by atoms with E-state index in [-0.39, 0.29) is 12.5 Å². The molecule has 0 aliphatic carbocycles. The van der Waals surface area contributed by atoms with E-state index in [1.807, 2.05) is 68.4 Å². The highest BCUT2D eigenvalue weighted by atomic mass is 35.5. The number of halogens is 1. The summed E-state index contributed by atoms with van der Waals surface area (Å²) in [6, 6.07) is 21.5. The molecule has 194 valence electrons. The van der Waals surface area contributed by atoms with E-state index in [1.165, 1.54) is 0 Å². The van der Waals surface area contributed by atoms with Crippen LogP contribution in [0.5, 0.6) is 11.5 Å². The van der Waals surface area contributed by atoms with Crippen LogP contribution in [-0.2, 0) is 17.8 Å². The Labute approximate surface area is 223 Å². The summed E-state index contributed by atoms with van der Waals surface area (Å²) in [4.78, 5) is 16.9. The van der Waals surface area contributed by atoms with Crippen molar-refractivity contribution in [3.05, 3.63) is 88.7 Å². The van der Waals surface area contributed by atoms with Gasteiger partial charge in [0.25, 0.3) is 5.91 Å². The molecule has 4 rings (SSSR count). The van der Waals surface area contributed by atoms with Crippen LogP contribution >= 0.6 is 11.6 Å². The lowest BCUT2D eigenvalue weighted by molar-refractivity contribution is -0.123. The number of rotatable bonds is 13. The minimum Gasteiger partial charge on any atom is -0.492 e. The number of nitrogens with zero attached hydrogens (tertiary/aromatic N) is 2. The van der Waals surface area contributed by atoms with E-state index in [4.69, 9.17) is 26.1 Å². The fourth-order valence-corrected chi connectivity index (χ4v) is 4.45. The Morgan fingerprint density at radius 3 is 2.43 bits per heavy atom. The number of nitrogens with one attached hydrogen (secondary N) is 1. The molecule has 37 heavy (non-hydrogen) atoms. The molecule has 0 bridgehead atoms. The van der Waals surface area contributed by atoms with E-state index in [0.717, 1.165) is 64.4 Å². The number of hydrogen-bond acceptors (Lipinski definition) is 4. The van der Waals surface area contributed by atoms with E-state index in [2.05, 4.69) is 22.0 Å². The maximum Gasteiger partial charge on any atom is 0.257 e. The van der Waals surface area contributed by atoms with Crippen LogP contribution in [0.4, 0.5) is 0 Å². The normalized spacial score (nSPS) is 11.0. The molecule has 1 heterocycles. The van der Waals surface area contributed by atoms with Gasteiger partial charge in [-0.25, -0.2) is 4.98 Å². The van der Waals surface area contributed by atoms with Crippen LogP contribution in [0.2, 0.25) is 5.02 Å². The minimum absolute atomic E-state index is 0.0330. The summed E-state index contributed by atoms with van der Waals surface area (Å²) in [7, 11) is 0. The fraction of sp³-hybridized carbons (Fsp3) is 0.333. The first-order chi connectivity index (χ1) is 18.0. The molecule has 0 spiro atoms. The van der Waals surface area contributed by atoms with Gasteiger partial charge in [-0.2, -0.15) is 0 Å². The number of aryl methyl sites for hydroxylation is 3. The maximum atomic E-state index is 12.0. The second-order valence-electron chi connectivity index (χ2n) is 9.15. The molecule has 0 atom stereocenters. The number of aromatic nitrogens is 2. The second kappa shape index (κ2) is 13.2. The van der Waals surface area contributed by atoms with E-state index in [9.17, 15) is 4.79 Å². The molecule has 0 aliphatic rings. The predicted octanol–water partition coefficient (Wildman–Crippen LogP) is 6.29. The molecule has 0 fully saturated rings. The van der Waals surface area contributed by atoms with E-state index >= 15 is 0 Å². The van der Waals surface area contributed by atoms with Crippen LogP contribution in [0.25, 0.3) is 11.0 Å². The molecule has 4 aromatic rings. The van der Waals surface area contributed by atoms with Crippen molar-refractivity contribution in [3.63, 3.8) is 0 Å². The minimum atomic E-state index is -0.100. The average molecular weight is 520 g/mol. The van der Waals surface area contributed by atoms with Gasteiger partial charge in [-0.1, -0.05) is 48.4 Å². The van der Waals surface area contributed by atoms with Gasteiger partial charge in [0, 0.05) is 18.0 Å². The molecule has 1 amide bonds. The zero-order valence-corrected chi connectivity index (χ0v) is 22.3. The number of carbonyl (C=O) groups is 1. The van der Waals surface area contributed by atoms with Gasteiger partial charge in [-0.15, -0.1) is 0 Å². The number of ether oxygens (including phenoxy) is 2. The number of amides is 1. The third-order valence-corrected chi connectivity index (χ3v) is 6.84. The molecule has 7 heteroatoms. The van der Waals surface area contributed by atoms with Gasteiger partial charge in [-0.05, 0) is 74.2 Å². The number of imidazole rings is 1. The predicted molar refractivity (Wildman–Crippen MR) is 149 cm³/mol. The molecule has 0 radical (unpaired) electrons. The average Bonchev–Trinajstić information content (AvgIpc) is 3.26. The summed E-state index contributed by atoms with van der Waals surface area (Å²) in [6.07, 6.45) is 3.79. The second-order valence-corrected chi connectivity index (χ2v) is 9.53. The van der Waals surface area contributed by atoms with E-state index < -0.39 is 0 Å². The Hall–Kier alpha value is -3.51. The van der Waals surface area contributed by atoms with Crippen LogP contribution in [0.1, 0.15) is 36.2 Å². The number of benzene rings is 3. The molecule has 3 aromatic carbocycles. The van der Waals surface area contributed by atoms with Crippen LogP contribution in [-0.4, -0.2) is 35.2 Å². The highest BCUT2D eigenvalue weighted by Crippen LogP contribution is 2.26. The topological polar surface area (TPSA) is 65.4 Å². The third-order valence-electron chi connectivity index (χ3n) is 6.24. The molecule has 0 aliphatic heterocycles. The highest BCUT2D eigenvalue weighted by molar-refractivity contribution is 6.32. The summed E-state index contributed by atoms with van der Waals surface area (Å²) < 4.78 is 13.8. The van der Waals surface area contributed by atoms with Gasteiger partial charge in [0.15, 0.2) is 6.61 Å². The van der Waals surface area contributed by atoms with Crippen molar-refractivity contribution in [2.45, 2.75) is 46.1 Å². The van der Waals surface area contributed by atoms with E-state index in [0.29, 0.717) is 25.4 Å². The molecule has 6 nitrogen and oxygen atoms in total. The number of unbranched alkanes of at least 4 members (excludes halogenated alkanes) is 2. The smallest absolute Gasteiger partial charge is 0.257 e. The van der Waals surface area contributed by atoms with Gasteiger partial charge in [0.1, 0.15) is 23.9 Å². The lowest BCUT2D eigenvalue weighted by Gasteiger charge is -2.13. The van der Waals surface area contributed by atoms with Crippen molar-refractivity contribution < 1.29 is 14.3 Å². The standard InChI is InChI=1S/C30H34ClN3O3/c1-22-19-25(20-23(2)30(22)31)36-18-17-34-27-14-9-8-13-26(27)33-28(34)15-7-4-10-16-32-29(35)21-37-24-11-5-3-6-12-24/h3,5-6,8-9,11-14,19-20H,4,7,10,15-18,21H2,1-2H3,(H,32,35). The van der Waals surface area contributed by atoms with Crippen LogP contribution in [0.15, 0.2) is 66.7 Å². The van der Waals surface area contributed by atoms with Crippen molar-refractivity contribution in [2.75, 3.05) is 19.8 Å². The number of fused-ring (bicyclic) bond motifs is 1. The maximum absolute atomic E-state index is 12.0. The Bertz CT molecular complexity index is 1300. The first kappa shape index (κ1) is 26.6. The third kappa shape index (κ3) is 7.49. The van der Waals surface area contributed by atoms with Gasteiger partial charge in [0.2, 0.25) is 0 Å². The Morgan fingerprint density at radius 2 is 1.65 bits per heavy atom. The SMILES string of the molecule is Cc1cc(OCCn2c(CCCCCNC(=O)COc3ccccc3)nc3ccccc32)cc(C)c1Cl. The van der Waals surface area contributed by atoms with E-state index in [1.54, 1.807) is 0 Å². The van der Waals surface area contributed by atoms with Gasteiger partial charge in [0.05, 0.1) is 17.6 Å². The Morgan fingerprint density at radius 1 is 0.919 bits per heavy atom. The summed E-state index contributed by atoms with van der Waals surface area (Å²) in [5.74, 6) is 2.50. The monoisotopic (exact) mass is 519 g/mol. The molecule has 0 unspecified atom stereocenters. The Kier molecular flexibility index (Phi) is 9.44. The van der Waals surface area contributed by atoms with Gasteiger partial charge < -0.3 is 19.4 Å². The summed E-state index contributed by atoms with van der Waals surface area (Å²) in [5.41, 5.74) is 4.16. The molecule has 0 saturated heterocycles. The van der Waals surface area contributed by atoms with Crippen molar-refractivity contribution in [1.82, 2.24) is 14.9 Å². The molecular formula is C30H34ClN3O3. The number of hydrogen-bond donors (Lipinski definition) is 1. The summed E-state index contributed by atoms with van der Waals surface area (Å²) in [6.45, 7) is 5.92. The summed E-state index contributed by atoms with van der Waals surface area (Å²) in [5, 5.41) is 3.72. The largest absolute Gasteiger partial charge is 0.492 e. The van der Waals surface area contributed by atoms with Gasteiger partial charge in [-0.3, -0.25) is 4.79 Å². The first-order valence-corrected chi connectivity index (χ1v) is 13.2. The first-order valence-electron chi connectivity index (χ1n) is 12.8. The number of para-hydroxylation sites is 3. The quantitative estimate of drug-likeness (QED) is 0.211. The molecule has 1 N–H and O–H groups in total. The molecule has 0 saturated carbocycles. The zero-order chi connectivity index (χ0) is 26.0. The lowest BCUT2D eigenvalue weighted by Crippen LogP contribution is -2.29. The van der Waals surface area contributed by atoms with Crippen molar-refractivity contribution in [2.24, 2.45) is 0 Å². The molecule has 1 aromatic heterocycles.